The third-order valence-electron chi connectivity index (χ3n) is 3.78. The van der Waals surface area contributed by atoms with Gasteiger partial charge in [0.25, 0.3) is 5.95 Å². The van der Waals surface area contributed by atoms with Crippen LogP contribution in [0, 0.1) is 0 Å². The van der Waals surface area contributed by atoms with E-state index in [1.54, 1.807) is 54.6 Å². The van der Waals surface area contributed by atoms with Crippen molar-refractivity contribution in [1.29, 1.82) is 0 Å². The number of rotatable bonds is 3. The SMILES string of the molecule is O=C1/C(=N\c2ncccn2)N(c2ccccc2)C(=O)N1c1ccccc1. The predicted molar refractivity (Wildman–Crippen MR) is 97.4 cm³/mol. The van der Waals surface area contributed by atoms with Gasteiger partial charge in [0.2, 0.25) is 5.84 Å². The summed E-state index contributed by atoms with van der Waals surface area (Å²) in [5.41, 5.74) is 1.02. The zero-order chi connectivity index (χ0) is 17.9. The lowest BCUT2D eigenvalue weighted by atomic mass is 10.3. The summed E-state index contributed by atoms with van der Waals surface area (Å²) in [6.45, 7) is 0. The lowest BCUT2D eigenvalue weighted by Gasteiger charge is -2.16. The van der Waals surface area contributed by atoms with E-state index in [1.807, 2.05) is 12.1 Å². The number of carbonyl (C=O) groups is 2. The Bertz CT molecular complexity index is 975. The highest BCUT2D eigenvalue weighted by Gasteiger charge is 2.44. The van der Waals surface area contributed by atoms with Crippen LogP contribution in [0.3, 0.4) is 0 Å². The van der Waals surface area contributed by atoms with Crippen molar-refractivity contribution in [3.63, 3.8) is 0 Å². The first-order valence-electron chi connectivity index (χ1n) is 7.90. The minimum atomic E-state index is -0.530. The summed E-state index contributed by atoms with van der Waals surface area (Å²) >= 11 is 0. The molecule has 2 heterocycles. The number of nitrogens with zero attached hydrogens (tertiary/aromatic N) is 5. The number of para-hydroxylation sites is 2. The van der Waals surface area contributed by atoms with Gasteiger partial charge in [-0.1, -0.05) is 36.4 Å². The fraction of sp³-hybridized carbons (Fsp3) is 0. The van der Waals surface area contributed by atoms with Gasteiger partial charge in [-0.05, 0) is 30.3 Å². The van der Waals surface area contributed by atoms with Crippen LogP contribution in [0.15, 0.2) is 84.1 Å². The molecule has 0 spiro atoms. The van der Waals surface area contributed by atoms with Gasteiger partial charge in [0.1, 0.15) is 0 Å². The van der Waals surface area contributed by atoms with Crippen molar-refractivity contribution in [3.8, 4) is 0 Å². The van der Waals surface area contributed by atoms with E-state index in [0.29, 0.717) is 11.4 Å². The Labute approximate surface area is 149 Å². The molecule has 126 valence electrons. The smallest absolute Gasteiger partial charge is 0.265 e. The molecule has 1 aromatic heterocycles. The van der Waals surface area contributed by atoms with Gasteiger partial charge in [0.15, 0.2) is 0 Å². The minimum Gasteiger partial charge on any atom is -0.265 e. The van der Waals surface area contributed by atoms with Crippen molar-refractivity contribution in [2.24, 2.45) is 4.99 Å². The summed E-state index contributed by atoms with van der Waals surface area (Å²) in [6.07, 6.45) is 3.05. The Balaban J connectivity index is 1.85. The molecular formula is C19H13N5O2. The number of amides is 3. The molecule has 1 saturated heterocycles. The van der Waals surface area contributed by atoms with E-state index in [2.05, 4.69) is 15.0 Å². The van der Waals surface area contributed by atoms with Gasteiger partial charge in [-0.3, -0.25) is 4.79 Å². The maximum Gasteiger partial charge on any atom is 0.342 e. The quantitative estimate of drug-likeness (QED) is 0.684. The van der Waals surface area contributed by atoms with Crippen LogP contribution in [-0.2, 0) is 4.79 Å². The number of benzene rings is 2. The molecule has 0 saturated carbocycles. The van der Waals surface area contributed by atoms with Gasteiger partial charge >= 0.3 is 11.9 Å². The van der Waals surface area contributed by atoms with Crippen LogP contribution in [0.4, 0.5) is 22.1 Å². The predicted octanol–water partition coefficient (Wildman–Crippen LogP) is 3.18. The zero-order valence-corrected chi connectivity index (χ0v) is 13.6. The highest BCUT2D eigenvalue weighted by Crippen LogP contribution is 2.28. The molecule has 7 nitrogen and oxygen atoms in total. The van der Waals surface area contributed by atoms with Gasteiger partial charge < -0.3 is 0 Å². The van der Waals surface area contributed by atoms with Crippen LogP contribution in [0.25, 0.3) is 0 Å². The number of carbonyl (C=O) groups excluding carboxylic acids is 2. The molecule has 0 bridgehead atoms. The van der Waals surface area contributed by atoms with Crippen molar-refractivity contribution in [3.05, 3.63) is 79.1 Å². The van der Waals surface area contributed by atoms with E-state index >= 15 is 0 Å². The Morgan fingerprint density at radius 2 is 1.23 bits per heavy atom. The summed E-state index contributed by atoms with van der Waals surface area (Å²) in [7, 11) is 0. The molecule has 4 rings (SSSR count). The largest absolute Gasteiger partial charge is 0.342 e. The summed E-state index contributed by atoms with van der Waals surface area (Å²) in [4.78, 5) is 40.6. The van der Waals surface area contributed by atoms with Crippen molar-refractivity contribution >= 4 is 35.1 Å². The lowest BCUT2D eigenvalue weighted by molar-refractivity contribution is -0.111. The number of anilines is 2. The van der Waals surface area contributed by atoms with Gasteiger partial charge in [0, 0.05) is 12.4 Å². The number of aromatic nitrogens is 2. The molecule has 0 radical (unpaired) electrons. The Morgan fingerprint density at radius 3 is 1.81 bits per heavy atom. The molecule has 0 unspecified atom stereocenters. The van der Waals surface area contributed by atoms with Gasteiger partial charge in [-0.2, -0.15) is 4.99 Å². The second-order valence-electron chi connectivity index (χ2n) is 5.41. The summed E-state index contributed by atoms with van der Waals surface area (Å²) in [6, 6.07) is 18.8. The third-order valence-corrected chi connectivity index (χ3v) is 3.78. The van der Waals surface area contributed by atoms with Gasteiger partial charge in [-0.25, -0.2) is 24.6 Å². The van der Waals surface area contributed by atoms with Crippen LogP contribution in [0.2, 0.25) is 0 Å². The fourth-order valence-corrected chi connectivity index (χ4v) is 2.63. The second kappa shape index (κ2) is 6.56. The summed E-state index contributed by atoms with van der Waals surface area (Å²) in [5, 5.41) is 0. The van der Waals surface area contributed by atoms with Crippen LogP contribution in [-0.4, -0.2) is 27.7 Å². The topological polar surface area (TPSA) is 78.8 Å². The molecule has 2 aromatic carbocycles. The highest BCUT2D eigenvalue weighted by atomic mass is 16.2. The fourth-order valence-electron chi connectivity index (χ4n) is 2.63. The first-order valence-corrected chi connectivity index (χ1v) is 7.90. The number of hydrogen-bond donors (Lipinski definition) is 0. The number of amidine groups is 1. The van der Waals surface area contributed by atoms with Crippen LogP contribution in [0.1, 0.15) is 0 Å². The average Bonchev–Trinajstić information content (AvgIpc) is 2.94. The molecule has 0 aliphatic carbocycles. The molecule has 26 heavy (non-hydrogen) atoms. The standard InChI is InChI=1S/C19H13N5O2/c25-17-16(22-18-20-12-7-13-21-18)23(14-8-3-1-4-9-14)19(26)24(17)15-10-5-2-6-11-15/h1-13H/b22-16+. The number of aliphatic imine (C=N–C) groups is 1. The van der Waals surface area contributed by atoms with Crippen molar-refractivity contribution in [2.75, 3.05) is 9.80 Å². The Kier molecular flexibility index (Phi) is 3.95. The lowest BCUT2D eigenvalue weighted by Crippen LogP contribution is -2.33. The molecule has 3 aromatic rings. The normalized spacial score (nSPS) is 15.8. The monoisotopic (exact) mass is 343 g/mol. The maximum absolute atomic E-state index is 13.0. The molecule has 7 heteroatoms. The van der Waals surface area contributed by atoms with E-state index < -0.39 is 11.9 Å². The molecule has 0 atom stereocenters. The molecule has 0 N–H and O–H groups in total. The number of imide groups is 1. The second-order valence-corrected chi connectivity index (χ2v) is 5.41. The Hall–Kier alpha value is -3.87. The van der Waals surface area contributed by atoms with E-state index in [0.717, 1.165) is 4.90 Å². The third kappa shape index (κ3) is 2.71. The first kappa shape index (κ1) is 15.6. The molecule has 1 aliphatic heterocycles. The first-order chi connectivity index (χ1) is 12.8. The minimum absolute atomic E-state index is 0.0451. The van der Waals surface area contributed by atoms with Crippen LogP contribution >= 0.6 is 0 Å². The molecule has 1 aliphatic rings. The highest BCUT2D eigenvalue weighted by molar-refractivity contribution is 6.62. The van der Waals surface area contributed by atoms with Crippen molar-refractivity contribution < 1.29 is 9.59 Å². The van der Waals surface area contributed by atoms with E-state index in [4.69, 9.17) is 0 Å². The van der Waals surface area contributed by atoms with Crippen molar-refractivity contribution in [1.82, 2.24) is 9.97 Å². The van der Waals surface area contributed by atoms with E-state index in [9.17, 15) is 9.59 Å². The average molecular weight is 343 g/mol. The number of hydrogen-bond acceptors (Lipinski definition) is 5. The van der Waals surface area contributed by atoms with E-state index in [1.165, 1.54) is 17.3 Å². The van der Waals surface area contributed by atoms with Crippen LogP contribution < -0.4 is 9.80 Å². The van der Waals surface area contributed by atoms with Crippen molar-refractivity contribution in [2.45, 2.75) is 0 Å². The molecular weight excluding hydrogens is 330 g/mol. The zero-order valence-electron chi connectivity index (χ0n) is 13.6. The molecule has 1 fully saturated rings. The number of urea groups is 1. The van der Waals surface area contributed by atoms with Gasteiger partial charge in [0.05, 0.1) is 11.4 Å². The van der Waals surface area contributed by atoms with E-state index in [-0.39, 0.29) is 11.8 Å². The maximum atomic E-state index is 13.0. The summed E-state index contributed by atoms with van der Waals surface area (Å²) in [5.74, 6) is -0.465. The van der Waals surface area contributed by atoms with Crippen LogP contribution in [0.5, 0.6) is 0 Å². The summed E-state index contributed by atoms with van der Waals surface area (Å²) < 4.78 is 0. The Morgan fingerprint density at radius 1 is 0.692 bits per heavy atom. The molecule has 3 amide bonds. The van der Waals surface area contributed by atoms with Gasteiger partial charge in [-0.15, -0.1) is 0 Å².